The Morgan fingerprint density at radius 2 is 1.78 bits per heavy atom. The van der Waals surface area contributed by atoms with Crippen molar-refractivity contribution in [2.45, 2.75) is 12.8 Å². The number of Topliss-reactive ketones (excluding diaryl/α,β-unsaturated/α-hetero) is 1. The Morgan fingerprint density at radius 1 is 1.06 bits per heavy atom. The van der Waals surface area contributed by atoms with Crippen LogP contribution in [0.3, 0.4) is 0 Å². The van der Waals surface area contributed by atoms with Gasteiger partial charge >= 0.3 is 0 Å². The Morgan fingerprint density at radius 3 is 2.50 bits per heavy atom. The fourth-order valence-corrected chi connectivity index (χ4v) is 1.99. The highest BCUT2D eigenvalue weighted by Crippen LogP contribution is 2.23. The first-order chi connectivity index (χ1) is 8.68. The maximum atomic E-state index is 12.1. The standard InChI is InChI=1S/C15H14ClNO/c16-13-8-4-7-12(15(13)17)14(18)10-9-11-5-2-1-3-6-11/h1-8H,9-10,17H2. The second kappa shape index (κ2) is 5.69. The number of rotatable bonds is 4. The molecule has 0 unspecified atom stereocenters. The van der Waals surface area contributed by atoms with Gasteiger partial charge in [0.1, 0.15) is 0 Å². The Labute approximate surface area is 111 Å². The molecule has 0 aliphatic rings. The van der Waals surface area contributed by atoms with E-state index in [0.717, 1.165) is 5.56 Å². The van der Waals surface area contributed by atoms with Crippen LogP contribution in [-0.4, -0.2) is 5.78 Å². The zero-order valence-electron chi connectivity index (χ0n) is 9.90. The van der Waals surface area contributed by atoms with Crippen LogP contribution in [0.2, 0.25) is 5.02 Å². The number of aryl methyl sites for hydroxylation is 1. The summed E-state index contributed by atoms with van der Waals surface area (Å²) in [6.45, 7) is 0. The predicted octanol–water partition coefficient (Wildman–Crippen LogP) is 3.74. The lowest BCUT2D eigenvalue weighted by molar-refractivity contribution is 0.0983. The molecule has 2 aromatic carbocycles. The van der Waals surface area contributed by atoms with Gasteiger partial charge in [-0.1, -0.05) is 48.0 Å². The van der Waals surface area contributed by atoms with Crippen molar-refractivity contribution >= 4 is 23.1 Å². The first-order valence-electron chi connectivity index (χ1n) is 5.79. The molecule has 2 rings (SSSR count). The fraction of sp³-hybridized carbons (Fsp3) is 0.133. The molecule has 0 amide bonds. The average Bonchev–Trinajstić information content (AvgIpc) is 2.40. The van der Waals surface area contributed by atoms with Gasteiger partial charge in [0.25, 0.3) is 0 Å². The molecule has 0 bridgehead atoms. The zero-order chi connectivity index (χ0) is 13.0. The van der Waals surface area contributed by atoms with E-state index in [4.69, 9.17) is 17.3 Å². The third-order valence-corrected chi connectivity index (χ3v) is 3.17. The summed E-state index contributed by atoms with van der Waals surface area (Å²) >= 11 is 5.90. The van der Waals surface area contributed by atoms with Crippen molar-refractivity contribution in [1.82, 2.24) is 0 Å². The van der Waals surface area contributed by atoms with Crippen molar-refractivity contribution in [2.24, 2.45) is 0 Å². The quantitative estimate of drug-likeness (QED) is 0.671. The summed E-state index contributed by atoms with van der Waals surface area (Å²) in [5, 5.41) is 0.431. The van der Waals surface area contributed by atoms with Crippen LogP contribution in [0.25, 0.3) is 0 Å². The average molecular weight is 260 g/mol. The predicted molar refractivity (Wildman–Crippen MR) is 75.0 cm³/mol. The van der Waals surface area contributed by atoms with E-state index in [2.05, 4.69) is 0 Å². The van der Waals surface area contributed by atoms with Gasteiger partial charge in [-0.05, 0) is 24.1 Å². The third kappa shape index (κ3) is 2.90. The first kappa shape index (κ1) is 12.7. The highest BCUT2D eigenvalue weighted by atomic mass is 35.5. The number of hydrogen-bond acceptors (Lipinski definition) is 2. The van der Waals surface area contributed by atoms with Crippen LogP contribution in [0, 0.1) is 0 Å². The first-order valence-corrected chi connectivity index (χ1v) is 6.17. The summed E-state index contributed by atoms with van der Waals surface area (Å²) in [5.41, 5.74) is 7.83. The minimum Gasteiger partial charge on any atom is -0.397 e. The van der Waals surface area contributed by atoms with Gasteiger partial charge in [0.15, 0.2) is 5.78 Å². The van der Waals surface area contributed by atoms with Crippen molar-refractivity contribution < 1.29 is 4.79 Å². The van der Waals surface area contributed by atoms with Crippen molar-refractivity contribution in [1.29, 1.82) is 0 Å². The maximum Gasteiger partial charge on any atom is 0.165 e. The number of halogens is 1. The van der Waals surface area contributed by atoms with Crippen LogP contribution in [0.5, 0.6) is 0 Å². The molecule has 0 radical (unpaired) electrons. The highest BCUT2D eigenvalue weighted by Gasteiger charge is 2.11. The fourth-order valence-electron chi connectivity index (χ4n) is 1.82. The van der Waals surface area contributed by atoms with Gasteiger partial charge in [0, 0.05) is 12.0 Å². The van der Waals surface area contributed by atoms with Gasteiger partial charge in [0.2, 0.25) is 0 Å². The zero-order valence-corrected chi connectivity index (χ0v) is 10.7. The van der Waals surface area contributed by atoms with Crippen molar-refractivity contribution in [3.05, 3.63) is 64.7 Å². The molecule has 2 N–H and O–H groups in total. The molecule has 0 aliphatic heterocycles. The van der Waals surface area contributed by atoms with E-state index in [-0.39, 0.29) is 5.78 Å². The third-order valence-electron chi connectivity index (χ3n) is 2.84. The summed E-state index contributed by atoms with van der Waals surface area (Å²) in [6.07, 6.45) is 1.15. The summed E-state index contributed by atoms with van der Waals surface area (Å²) in [6, 6.07) is 15.1. The number of carbonyl (C=O) groups excluding carboxylic acids is 1. The van der Waals surface area contributed by atoms with E-state index in [1.807, 2.05) is 30.3 Å². The second-order valence-corrected chi connectivity index (χ2v) is 4.52. The van der Waals surface area contributed by atoms with Gasteiger partial charge in [-0.3, -0.25) is 4.79 Å². The van der Waals surface area contributed by atoms with Crippen LogP contribution in [0.1, 0.15) is 22.3 Å². The van der Waals surface area contributed by atoms with E-state index in [1.54, 1.807) is 18.2 Å². The van der Waals surface area contributed by atoms with Gasteiger partial charge in [-0.25, -0.2) is 0 Å². The van der Waals surface area contributed by atoms with Crippen molar-refractivity contribution in [3.8, 4) is 0 Å². The summed E-state index contributed by atoms with van der Waals surface area (Å²) < 4.78 is 0. The molecule has 3 heteroatoms. The highest BCUT2D eigenvalue weighted by molar-refractivity contribution is 6.34. The van der Waals surface area contributed by atoms with Gasteiger partial charge in [-0.2, -0.15) is 0 Å². The molecule has 2 nitrogen and oxygen atoms in total. The number of para-hydroxylation sites is 1. The van der Waals surface area contributed by atoms with Crippen LogP contribution >= 0.6 is 11.6 Å². The van der Waals surface area contributed by atoms with E-state index in [1.165, 1.54) is 0 Å². The lowest BCUT2D eigenvalue weighted by Crippen LogP contribution is -2.05. The normalized spacial score (nSPS) is 10.3. The lowest BCUT2D eigenvalue weighted by atomic mass is 10.0. The molecule has 0 saturated heterocycles. The van der Waals surface area contributed by atoms with Crippen molar-refractivity contribution in [3.63, 3.8) is 0 Å². The molecule has 0 aliphatic carbocycles. The van der Waals surface area contributed by atoms with E-state index >= 15 is 0 Å². The Kier molecular flexibility index (Phi) is 4.00. The lowest BCUT2D eigenvalue weighted by Gasteiger charge is -2.06. The van der Waals surface area contributed by atoms with Gasteiger partial charge < -0.3 is 5.73 Å². The van der Waals surface area contributed by atoms with Crippen LogP contribution in [-0.2, 0) is 6.42 Å². The molecule has 0 heterocycles. The van der Waals surface area contributed by atoms with E-state index in [9.17, 15) is 4.79 Å². The molecular formula is C15H14ClNO. The molecule has 0 aromatic heterocycles. The molecule has 0 atom stereocenters. The van der Waals surface area contributed by atoms with E-state index in [0.29, 0.717) is 29.1 Å². The summed E-state index contributed by atoms with van der Waals surface area (Å²) in [4.78, 5) is 12.1. The topological polar surface area (TPSA) is 43.1 Å². The van der Waals surface area contributed by atoms with E-state index < -0.39 is 0 Å². The molecule has 0 saturated carbocycles. The molecular weight excluding hydrogens is 246 g/mol. The molecule has 92 valence electrons. The Hall–Kier alpha value is -1.80. The number of nitrogens with two attached hydrogens (primary N) is 1. The number of anilines is 1. The minimum atomic E-state index is 0.0267. The minimum absolute atomic E-state index is 0.0267. The molecule has 18 heavy (non-hydrogen) atoms. The number of nitrogen functional groups attached to an aromatic ring is 1. The number of benzene rings is 2. The van der Waals surface area contributed by atoms with Crippen molar-refractivity contribution in [2.75, 3.05) is 5.73 Å². The smallest absolute Gasteiger partial charge is 0.165 e. The number of ketones is 1. The Balaban J connectivity index is 2.07. The van der Waals surface area contributed by atoms with Crippen LogP contribution in [0.4, 0.5) is 5.69 Å². The largest absolute Gasteiger partial charge is 0.397 e. The van der Waals surface area contributed by atoms with Crippen LogP contribution in [0.15, 0.2) is 48.5 Å². The summed E-state index contributed by atoms with van der Waals surface area (Å²) in [7, 11) is 0. The molecule has 0 fully saturated rings. The molecule has 0 spiro atoms. The number of carbonyl (C=O) groups is 1. The SMILES string of the molecule is Nc1c(Cl)cccc1C(=O)CCc1ccccc1. The van der Waals surface area contributed by atoms with Crippen LogP contribution < -0.4 is 5.73 Å². The molecule has 2 aromatic rings. The Bertz CT molecular complexity index is 552. The number of hydrogen-bond donors (Lipinski definition) is 1. The maximum absolute atomic E-state index is 12.1. The van der Waals surface area contributed by atoms with Gasteiger partial charge in [0.05, 0.1) is 10.7 Å². The monoisotopic (exact) mass is 259 g/mol. The van der Waals surface area contributed by atoms with Gasteiger partial charge in [-0.15, -0.1) is 0 Å². The second-order valence-electron chi connectivity index (χ2n) is 4.11. The summed E-state index contributed by atoms with van der Waals surface area (Å²) in [5.74, 6) is 0.0267.